The molecule has 1 fully saturated rings. The number of rotatable bonds is 6. The van der Waals surface area contributed by atoms with Crippen LogP contribution in [0, 0.1) is 0 Å². The van der Waals surface area contributed by atoms with Crippen molar-refractivity contribution in [2.75, 3.05) is 47.0 Å². The average Bonchev–Trinajstić information content (AvgIpc) is 2.64. The number of cyclic esters (lactones) is 1. The van der Waals surface area contributed by atoms with Crippen molar-refractivity contribution in [3.05, 3.63) is 0 Å². The molecule has 1 heterocycles. The summed E-state index contributed by atoms with van der Waals surface area (Å²) in [7, 11) is 3.19. The zero-order chi connectivity index (χ0) is 12.8. The van der Waals surface area contributed by atoms with Crippen molar-refractivity contribution < 1.29 is 24.2 Å². The van der Waals surface area contributed by atoms with Gasteiger partial charge in [0.05, 0.1) is 25.8 Å². The number of hydrogen-bond donors (Lipinski definition) is 1. The summed E-state index contributed by atoms with van der Waals surface area (Å²) in [5.74, 6) is -0.320. The Morgan fingerprint density at radius 1 is 1.71 bits per heavy atom. The summed E-state index contributed by atoms with van der Waals surface area (Å²) in [6.45, 7) is 1.13. The Kier molecular flexibility index (Phi) is 5.33. The van der Waals surface area contributed by atoms with Crippen molar-refractivity contribution in [2.45, 2.75) is 6.10 Å². The van der Waals surface area contributed by atoms with Gasteiger partial charge in [-0.2, -0.15) is 0 Å². The maximum Gasteiger partial charge on any atom is 0.416 e. The van der Waals surface area contributed by atoms with Crippen LogP contribution in [-0.4, -0.2) is 80.0 Å². The molecule has 0 saturated carbocycles. The summed E-state index contributed by atoms with van der Waals surface area (Å²) in [4.78, 5) is 25.5. The number of imide groups is 1. The van der Waals surface area contributed by atoms with Crippen LogP contribution in [0.2, 0.25) is 0 Å². The maximum absolute atomic E-state index is 11.7. The van der Waals surface area contributed by atoms with Crippen LogP contribution in [0.25, 0.3) is 0 Å². The van der Waals surface area contributed by atoms with E-state index in [4.69, 9.17) is 4.74 Å². The van der Waals surface area contributed by atoms with E-state index in [1.165, 1.54) is 7.11 Å². The summed E-state index contributed by atoms with van der Waals surface area (Å²) in [6.07, 6.45) is -1.25. The number of likely N-dealkylation sites (N-methyl/N-ethyl adjacent to an activating group) is 1. The largest absolute Gasteiger partial charge is 0.447 e. The lowest BCUT2D eigenvalue weighted by molar-refractivity contribution is -0.129. The van der Waals surface area contributed by atoms with Crippen molar-refractivity contribution in [3.63, 3.8) is 0 Å². The first kappa shape index (κ1) is 13.9. The molecule has 1 N–H and O–H groups in total. The summed E-state index contributed by atoms with van der Waals surface area (Å²) < 4.78 is 9.45. The number of aliphatic hydroxyl groups is 1. The average molecular weight is 246 g/mol. The highest BCUT2D eigenvalue weighted by atomic mass is 16.6. The van der Waals surface area contributed by atoms with E-state index < -0.39 is 12.2 Å². The molecule has 2 amide bonds. The molecule has 1 unspecified atom stereocenters. The van der Waals surface area contributed by atoms with Crippen LogP contribution in [0.1, 0.15) is 0 Å². The fourth-order valence-electron chi connectivity index (χ4n) is 1.61. The minimum Gasteiger partial charge on any atom is -0.447 e. The monoisotopic (exact) mass is 246 g/mol. The molecule has 7 nitrogen and oxygen atoms in total. The van der Waals surface area contributed by atoms with E-state index in [1.54, 1.807) is 11.9 Å². The van der Waals surface area contributed by atoms with Gasteiger partial charge in [0.15, 0.2) is 0 Å². The van der Waals surface area contributed by atoms with Crippen LogP contribution >= 0.6 is 0 Å². The normalized spacial score (nSPS) is 17.4. The molecule has 0 aliphatic carbocycles. The Labute approximate surface area is 99.9 Å². The van der Waals surface area contributed by atoms with E-state index in [-0.39, 0.29) is 25.7 Å². The molecule has 1 atom stereocenters. The van der Waals surface area contributed by atoms with Crippen molar-refractivity contribution in [1.29, 1.82) is 0 Å². The Bertz CT molecular complexity index is 284. The number of nitrogens with zero attached hydrogens (tertiary/aromatic N) is 2. The van der Waals surface area contributed by atoms with E-state index in [9.17, 15) is 14.7 Å². The molecule has 1 rings (SSSR count). The Morgan fingerprint density at radius 3 is 2.94 bits per heavy atom. The molecule has 0 aromatic heterocycles. The maximum atomic E-state index is 11.7. The third kappa shape index (κ3) is 4.29. The van der Waals surface area contributed by atoms with Gasteiger partial charge in [-0.15, -0.1) is 0 Å². The third-order valence-corrected chi connectivity index (χ3v) is 2.35. The Balaban J connectivity index is 2.32. The summed E-state index contributed by atoms with van der Waals surface area (Å²) in [5, 5.41) is 9.47. The second kappa shape index (κ2) is 6.53. The molecule has 17 heavy (non-hydrogen) atoms. The number of hydrogen-bond acceptors (Lipinski definition) is 6. The third-order valence-electron chi connectivity index (χ3n) is 2.35. The molecular weight excluding hydrogens is 228 g/mol. The molecule has 1 aliphatic heterocycles. The van der Waals surface area contributed by atoms with Gasteiger partial charge in [0.25, 0.3) is 0 Å². The molecule has 0 aromatic carbocycles. The predicted molar refractivity (Wildman–Crippen MR) is 58.4 cm³/mol. The Morgan fingerprint density at radius 2 is 2.41 bits per heavy atom. The van der Waals surface area contributed by atoms with Gasteiger partial charge >= 0.3 is 6.09 Å². The molecule has 98 valence electrons. The number of carbonyl (C=O) groups is 2. The van der Waals surface area contributed by atoms with E-state index in [2.05, 4.69) is 4.74 Å². The SMILES string of the molecule is COCC(O)CN(C)CC(=O)N1CCOC1=O. The fourth-order valence-corrected chi connectivity index (χ4v) is 1.61. The van der Waals surface area contributed by atoms with E-state index in [0.29, 0.717) is 13.1 Å². The highest BCUT2D eigenvalue weighted by molar-refractivity contribution is 5.93. The van der Waals surface area contributed by atoms with Crippen LogP contribution < -0.4 is 0 Å². The summed E-state index contributed by atoms with van der Waals surface area (Å²) >= 11 is 0. The zero-order valence-electron chi connectivity index (χ0n) is 10.1. The van der Waals surface area contributed by atoms with Crippen molar-refractivity contribution >= 4 is 12.0 Å². The summed E-state index contributed by atoms with van der Waals surface area (Å²) in [5.41, 5.74) is 0. The molecule has 0 radical (unpaired) electrons. The van der Waals surface area contributed by atoms with E-state index in [1.807, 2.05) is 0 Å². The smallest absolute Gasteiger partial charge is 0.416 e. The van der Waals surface area contributed by atoms with Crippen LogP contribution in [-0.2, 0) is 14.3 Å². The van der Waals surface area contributed by atoms with Crippen LogP contribution in [0.15, 0.2) is 0 Å². The lowest BCUT2D eigenvalue weighted by atomic mass is 10.3. The minimum absolute atomic E-state index is 0.0654. The molecule has 1 saturated heterocycles. The fraction of sp³-hybridized carbons (Fsp3) is 0.800. The standard InChI is InChI=1S/C10H18N2O5/c1-11(5-8(13)7-16-2)6-9(14)12-3-4-17-10(12)15/h8,13H,3-7H2,1-2H3. The van der Waals surface area contributed by atoms with Crippen LogP contribution in [0.4, 0.5) is 4.79 Å². The lowest BCUT2D eigenvalue weighted by Gasteiger charge is -2.21. The lowest BCUT2D eigenvalue weighted by Crippen LogP contribution is -2.42. The van der Waals surface area contributed by atoms with Gasteiger partial charge < -0.3 is 14.6 Å². The van der Waals surface area contributed by atoms with E-state index >= 15 is 0 Å². The predicted octanol–water partition coefficient (Wildman–Crippen LogP) is -1.10. The number of ether oxygens (including phenoxy) is 2. The van der Waals surface area contributed by atoms with E-state index in [0.717, 1.165) is 4.90 Å². The first-order valence-electron chi connectivity index (χ1n) is 5.37. The first-order chi connectivity index (χ1) is 8.04. The van der Waals surface area contributed by atoms with Gasteiger partial charge in [-0.3, -0.25) is 9.69 Å². The number of aliphatic hydroxyl groups excluding tert-OH is 1. The van der Waals surface area contributed by atoms with Gasteiger partial charge in [0.1, 0.15) is 6.61 Å². The number of amides is 2. The highest BCUT2D eigenvalue weighted by Crippen LogP contribution is 2.04. The number of carbonyl (C=O) groups excluding carboxylic acids is 2. The van der Waals surface area contributed by atoms with Gasteiger partial charge in [-0.1, -0.05) is 0 Å². The first-order valence-corrected chi connectivity index (χ1v) is 5.37. The molecule has 1 aliphatic rings. The topological polar surface area (TPSA) is 79.3 Å². The minimum atomic E-state index is -0.650. The van der Waals surface area contributed by atoms with Gasteiger partial charge in [0, 0.05) is 13.7 Å². The van der Waals surface area contributed by atoms with Gasteiger partial charge in [-0.25, -0.2) is 9.69 Å². The van der Waals surface area contributed by atoms with Crippen LogP contribution in [0.3, 0.4) is 0 Å². The molecule has 0 aromatic rings. The van der Waals surface area contributed by atoms with Gasteiger partial charge in [0.2, 0.25) is 5.91 Å². The molecule has 7 heteroatoms. The van der Waals surface area contributed by atoms with Gasteiger partial charge in [-0.05, 0) is 7.05 Å². The van der Waals surface area contributed by atoms with Crippen molar-refractivity contribution in [3.8, 4) is 0 Å². The zero-order valence-corrected chi connectivity index (χ0v) is 10.1. The Hall–Kier alpha value is -1.18. The van der Waals surface area contributed by atoms with Crippen molar-refractivity contribution in [2.24, 2.45) is 0 Å². The summed E-state index contributed by atoms with van der Waals surface area (Å²) in [6, 6.07) is 0. The van der Waals surface area contributed by atoms with Crippen LogP contribution in [0.5, 0.6) is 0 Å². The second-order valence-corrected chi connectivity index (χ2v) is 3.97. The molecule has 0 bridgehead atoms. The second-order valence-electron chi connectivity index (χ2n) is 3.97. The number of methoxy groups -OCH3 is 1. The molecule has 0 spiro atoms. The van der Waals surface area contributed by atoms with Crippen molar-refractivity contribution in [1.82, 2.24) is 9.80 Å². The highest BCUT2D eigenvalue weighted by Gasteiger charge is 2.28. The quantitative estimate of drug-likeness (QED) is 0.641. The molecular formula is C10H18N2O5.